The van der Waals surface area contributed by atoms with E-state index < -0.39 is 0 Å². The molecule has 27 heavy (non-hydrogen) atoms. The second-order valence-electron chi connectivity index (χ2n) is 7.07. The molecular weight excluding hydrogens is 332 g/mol. The minimum atomic E-state index is 0.249. The molecule has 1 amide bonds. The van der Waals surface area contributed by atoms with Crippen LogP contribution in [0.5, 0.6) is 0 Å². The van der Waals surface area contributed by atoms with Crippen LogP contribution < -0.4 is 4.90 Å². The molecule has 0 atom stereocenters. The number of anilines is 1. The van der Waals surface area contributed by atoms with E-state index >= 15 is 0 Å². The van der Waals surface area contributed by atoms with E-state index in [-0.39, 0.29) is 5.91 Å². The van der Waals surface area contributed by atoms with E-state index in [1.165, 1.54) is 22.3 Å². The van der Waals surface area contributed by atoms with Crippen molar-refractivity contribution in [1.29, 1.82) is 0 Å². The van der Waals surface area contributed by atoms with Crippen LogP contribution in [0.4, 0.5) is 5.69 Å². The second kappa shape index (κ2) is 8.17. The smallest absolute Gasteiger partial charge is 0.226 e. The van der Waals surface area contributed by atoms with E-state index in [1.54, 1.807) is 0 Å². The number of hydrogen-bond acceptors (Lipinski definition) is 2. The van der Waals surface area contributed by atoms with Crippen molar-refractivity contribution in [3.63, 3.8) is 0 Å². The van der Waals surface area contributed by atoms with Gasteiger partial charge in [0, 0.05) is 31.0 Å². The molecular formula is C24H24N2O. The van der Waals surface area contributed by atoms with Crippen molar-refractivity contribution in [1.82, 2.24) is 4.98 Å². The van der Waals surface area contributed by atoms with E-state index in [0.29, 0.717) is 6.42 Å². The molecule has 1 aromatic heterocycles. The van der Waals surface area contributed by atoms with Crippen LogP contribution in [0.15, 0.2) is 73.1 Å². The number of aryl methyl sites for hydroxylation is 1. The van der Waals surface area contributed by atoms with Crippen molar-refractivity contribution < 1.29 is 4.79 Å². The first-order valence-corrected chi connectivity index (χ1v) is 9.69. The number of unbranched alkanes of at least 4 members (excludes halogenated alkanes) is 1. The van der Waals surface area contributed by atoms with Gasteiger partial charge >= 0.3 is 0 Å². The van der Waals surface area contributed by atoms with Gasteiger partial charge in [0.1, 0.15) is 0 Å². The fourth-order valence-electron chi connectivity index (χ4n) is 3.77. The minimum absolute atomic E-state index is 0.249. The summed E-state index contributed by atoms with van der Waals surface area (Å²) in [6, 6.07) is 20.9. The Morgan fingerprint density at radius 2 is 1.74 bits per heavy atom. The van der Waals surface area contributed by atoms with Crippen LogP contribution in [0.25, 0.3) is 11.1 Å². The minimum Gasteiger partial charge on any atom is -0.312 e. The maximum atomic E-state index is 12.7. The highest BCUT2D eigenvalue weighted by Gasteiger charge is 2.24. The van der Waals surface area contributed by atoms with Crippen molar-refractivity contribution in [3.8, 4) is 11.1 Å². The largest absolute Gasteiger partial charge is 0.312 e. The lowest BCUT2D eigenvalue weighted by molar-refractivity contribution is -0.118. The van der Waals surface area contributed by atoms with Gasteiger partial charge in [-0.1, -0.05) is 36.4 Å². The van der Waals surface area contributed by atoms with Crippen LogP contribution in [-0.4, -0.2) is 17.4 Å². The van der Waals surface area contributed by atoms with Crippen LogP contribution >= 0.6 is 0 Å². The highest BCUT2D eigenvalue weighted by molar-refractivity contribution is 5.95. The third-order valence-corrected chi connectivity index (χ3v) is 5.24. The average molecular weight is 356 g/mol. The van der Waals surface area contributed by atoms with E-state index in [9.17, 15) is 4.79 Å². The first kappa shape index (κ1) is 17.5. The summed E-state index contributed by atoms with van der Waals surface area (Å²) in [4.78, 5) is 18.7. The second-order valence-corrected chi connectivity index (χ2v) is 7.07. The maximum Gasteiger partial charge on any atom is 0.226 e. The van der Waals surface area contributed by atoms with Gasteiger partial charge in [-0.2, -0.15) is 0 Å². The normalized spacial score (nSPS) is 12.8. The Labute approximate surface area is 160 Å². The lowest BCUT2D eigenvalue weighted by atomic mass is 10.0. The van der Waals surface area contributed by atoms with Gasteiger partial charge < -0.3 is 4.90 Å². The van der Waals surface area contributed by atoms with Gasteiger partial charge in [0.05, 0.1) is 0 Å². The molecule has 0 fully saturated rings. The molecule has 0 saturated carbocycles. The zero-order valence-corrected chi connectivity index (χ0v) is 15.5. The predicted molar refractivity (Wildman–Crippen MR) is 110 cm³/mol. The predicted octanol–water partition coefficient (Wildman–Crippen LogP) is 5.05. The molecule has 0 unspecified atom stereocenters. The molecule has 136 valence electrons. The number of aromatic nitrogens is 1. The van der Waals surface area contributed by atoms with Crippen molar-refractivity contribution in [2.75, 3.05) is 11.4 Å². The highest BCUT2D eigenvalue weighted by Crippen LogP contribution is 2.32. The quantitative estimate of drug-likeness (QED) is 0.579. The summed E-state index contributed by atoms with van der Waals surface area (Å²) in [6.07, 6.45) is 8.22. The summed E-state index contributed by atoms with van der Waals surface area (Å²) < 4.78 is 0. The number of hydrogen-bond donors (Lipinski definition) is 0. The standard InChI is InChI=1S/C24H24N2O/c27-24(9-5-4-8-19-6-2-1-3-7-19)26-17-14-22-18-21(10-11-23(22)26)20-12-15-25-16-13-20/h1-3,6-7,10-13,15-16,18H,4-5,8-9,14,17H2. The highest BCUT2D eigenvalue weighted by atomic mass is 16.2. The molecule has 0 spiro atoms. The monoisotopic (exact) mass is 356 g/mol. The maximum absolute atomic E-state index is 12.7. The molecule has 3 heteroatoms. The fraction of sp³-hybridized carbons (Fsp3) is 0.250. The van der Waals surface area contributed by atoms with Crippen molar-refractivity contribution in [2.45, 2.75) is 32.1 Å². The van der Waals surface area contributed by atoms with Gasteiger partial charge in [0.25, 0.3) is 0 Å². The van der Waals surface area contributed by atoms with Crippen LogP contribution in [0.3, 0.4) is 0 Å². The molecule has 0 aliphatic carbocycles. The lowest BCUT2D eigenvalue weighted by Crippen LogP contribution is -2.28. The molecule has 2 aromatic carbocycles. The number of benzene rings is 2. The number of rotatable bonds is 6. The Bertz CT molecular complexity index is 906. The lowest BCUT2D eigenvalue weighted by Gasteiger charge is -2.17. The Balaban J connectivity index is 1.35. The Hall–Kier alpha value is -2.94. The summed E-state index contributed by atoms with van der Waals surface area (Å²) in [5, 5.41) is 0. The van der Waals surface area contributed by atoms with Gasteiger partial charge in [-0.3, -0.25) is 9.78 Å². The number of pyridine rings is 1. The van der Waals surface area contributed by atoms with Crippen LogP contribution in [0, 0.1) is 0 Å². The van der Waals surface area contributed by atoms with Gasteiger partial charge in [-0.25, -0.2) is 0 Å². The molecule has 4 rings (SSSR count). The van der Waals surface area contributed by atoms with Gasteiger partial charge in [-0.05, 0) is 72.2 Å². The summed E-state index contributed by atoms with van der Waals surface area (Å²) in [5.41, 5.74) is 6.05. The molecule has 0 saturated heterocycles. The molecule has 2 heterocycles. The Morgan fingerprint density at radius 1 is 0.926 bits per heavy atom. The molecule has 0 N–H and O–H groups in total. The number of fused-ring (bicyclic) bond motifs is 1. The van der Waals surface area contributed by atoms with Crippen molar-refractivity contribution in [3.05, 3.63) is 84.2 Å². The summed E-state index contributed by atoms with van der Waals surface area (Å²) >= 11 is 0. The molecule has 1 aliphatic heterocycles. The Morgan fingerprint density at radius 3 is 2.56 bits per heavy atom. The summed E-state index contributed by atoms with van der Waals surface area (Å²) in [5.74, 6) is 0.249. The molecule has 1 aliphatic rings. The zero-order valence-electron chi connectivity index (χ0n) is 15.5. The molecule has 3 nitrogen and oxygen atoms in total. The molecule has 0 bridgehead atoms. The zero-order chi connectivity index (χ0) is 18.5. The van der Waals surface area contributed by atoms with E-state index in [4.69, 9.17) is 0 Å². The third-order valence-electron chi connectivity index (χ3n) is 5.24. The van der Waals surface area contributed by atoms with E-state index in [0.717, 1.165) is 37.9 Å². The van der Waals surface area contributed by atoms with Crippen molar-refractivity contribution in [2.24, 2.45) is 0 Å². The number of nitrogens with zero attached hydrogens (tertiary/aromatic N) is 2. The Kier molecular flexibility index (Phi) is 5.29. The topological polar surface area (TPSA) is 33.2 Å². The van der Waals surface area contributed by atoms with E-state index in [2.05, 4.69) is 47.4 Å². The number of amides is 1. The number of carbonyl (C=O) groups is 1. The van der Waals surface area contributed by atoms with Gasteiger partial charge in [0.2, 0.25) is 5.91 Å². The summed E-state index contributed by atoms with van der Waals surface area (Å²) in [6.45, 7) is 0.798. The first-order chi connectivity index (χ1) is 13.3. The van der Waals surface area contributed by atoms with Gasteiger partial charge in [-0.15, -0.1) is 0 Å². The average Bonchev–Trinajstić information content (AvgIpc) is 3.16. The SMILES string of the molecule is O=C(CCCCc1ccccc1)N1CCc2cc(-c3ccncc3)ccc21. The van der Waals surface area contributed by atoms with Gasteiger partial charge in [0.15, 0.2) is 0 Å². The van der Waals surface area contributed by atoms with Crippen molar-refractivity contribution >= 4 is 11.6 Å². The van der Waals surface area contributed by atoms with Crippen LogP contribution in [0.1, 0.15) is 30.4 Å². The van der Waals surface area contributed by atoms with E-state index in [1.807, 2.05) is 35.5 Å². The number of carbonyl (C=O) groups excluding carboxylic acids is 1. The van der Waals surface area contributed by atoms with Crippen LogP contribution in [0.2, 0.25) is 0 Å². The fourth-order valence-corrected chi connectivity index (χ4v) is 3.77. The summed E-state index contributed by atoms with van der Waals surface area (Å²) in [7, 11) is 0. The third kappa shape index (κ3) is 4.08. The first-order valence-electron chi connectivity index (χ1n) is 9.69. The molecule has 0 radical (unpaired) electrons. The van der Waals surface area contributed by atoms with Crippen LogP contribution in [-0.2, 0) is 17.6 Å². The molecule has 3 aromatic rings.